The molecule has 0 atom stereocenters. The van der Waals surface area contributed by atoms with Crippen molar-refractivity contribution in [2.75, 3.05) is 13.2 Å². The van der Waals surface area contributed by atoms with Gasteiger partial charge in [0.05, 0.1) is 16.3 Å². The zero-order valence-corrected chi connectivity index (χ0v) is 12.5. The largest absolute Gasteiger partial charge is 0.379 e. The van der Waals surface area contributed by atoms with Gasteiger partial charge in [0.2, 0.25) is 0 Å². The SMILES string of the molecule is CC(C)OCCCCNCc1nc2ccccc2s1. The summed E-state index contributed by atoms with van der Waals surface area (Å²) in [6, 6.07) is 8.29. The van der Waals surface area contributed by atoms with E-state index >= 15 is 0 Å². The fraction of sp³-hybridized carbons (Fsp3) is 0.533. The lowest BCUT2D eigenvalue weighted by atomic mass is 10.3. The zero-order chi connectivity index (χ0) is 13.5. The van der Waals surface area contributed by atoms with Gasteiger partial charge in [0.1, 0.15) is 5.01 Å². The predicted molar refractivity (Wildman–Crippen MR) is 81.6 cm³/mol. The Morgan fingerprint density at radius 2 is 2.11 bits per heavy atom. The average molecular weight is 278 g/mol. The fourth-order valence-electron chi connectivity index (χ4n) is 1.86. The van der Waals surface area contributed by atoms with E-state index in [1.807, 2.05) is 6.07 Å². The van der Waals surface area contributed by atoms with E-state index in [-0.39, 0.29) is 0 Å². The van der Waals surface area contributed by atoms with Crippen molar-refractivity contribution in [1.29, 1.82) is 0 Å². The molecule has 104 valence electrons. The summed E-state index contributed by atoms with van der Waals surface area (Å²) in [7, 11) is 0. The first-order valence-corrected chi connectivity index (χ1v) is 7.74. The second kappa shape index (κ2) is 7.58. The maximum Gasteiger partial charge on any atom is 0.108 e. The topological polar surface area (TPSA) is 34.1 Å². The maximum absolute atomic E-state index is 5.51. The quantitative estimate of drug-likeness (QED) is 0.749. The molecule has 2 aromatic rings. The predicted octanol–water partition coefficient (Wildman–Crippen LogP) is 3.59. The first kappa shape index (κ1) is 14.4. The number of fused-ring (bicyclic) bond motifs is 1. The minimum atomic E-state index is 0.343. The lowest BCUT2D eigenvalue weighted by Crippen LogP contribution is -2.15. The Bertz CT molecular complexity index is 463. The van der Waals surface area contributed by atoms with Gasteiger partial charge >= 0.3 is 0 Å². The molecule has 0 spiro atoms. The van der Waals surface area contributed by atoms with Gasteiger partial charge in [-0.15, -0.1) is 11.3 Å². The highest BCUT2D eigenvalue weighted by Crippen LogP contribution is 2.21. The van der Waals surface area contributed by atoms with Gasteiger partial charge in [0.25, 0.3) is 0 Å². The molecule has 0 saturated heterocycles. The summed E-state index contributed by atoms with van der Waals surface area (Å²) in [6.45, 7) is 6.90. The van der Waals surface area contributed by atoms with Gasteiger partial charge in [0.15, 0.2) is 0 Å². The van der Waals surface area contributed by atoms with Crippen LogP contribution in [0.15, 0.2) is 24.3 Å². The number of para-hydroxylation sites is 1. The van der Waals surface area contributed by atoms with Crippen LogP contribution < -0.4 is 5.32 Å². The van der Waals surface area contributed by atoms with E-state index in [1.54, 1.807) is 11.3 Å². The number of thiazole rings is 1. The number of ether oxygens (including phenoxy) is 1. The molecular weight excluding hydrogens is 256 g/mol. The molecule has 4 heteroatoms. The Labute approximate surface area is 119 Å². The van der Waals surface area contributed by atoms with E-state index in [0.717, 1.165) is 38.1 Å². The number of hydrogen-bond donors (Lipinski definition) is 1. The van der Waals surface area contributed by atoms with Crippen molar-refractivity contribution in [3.63, 3.8) is 0 Å². The lowest BCUT2D eigenvalue weighted by Gasteiger charge is -2.07. The van der Waals surface area contributed by atoms with Crippen LogP contribution in [0.5, 0.6) is 0 Å². The molecule has 0 aliphatic rings. The van der Waals surface area contributed by atoms with Gasteiger partial charge in [-0.05, 0) is 45.4 Å². The Morgan fingerprint density at radius 1 is 1.26 bits per heavy atom. The standard InChI is InChI=1S/C15H22N2OS/c1-12(2)18-10-6-5-9-16-11-15-17-13-7-3-4-8-14(13)19-15/h3-4,7-8,12,16H,5-6,9-11H2,1-2H3. The van der Waals surface area contributed by atoms with Crippen molar-refractivity contribution >= 4 is 21.6 Å². The first-order valence-electron chi connectivity index (χ1n) is 6.92. The van der Waals surface area contributed by atoms with Crippen LogP contribution in [0.3, 0.4) is 0 Å². The summed E-state index contributed by atoms with van der Waals surface area (Å²) < 4.78 is 6.78. The maximum atomic E-state index is 5.51. The number of aromatic nitrogens is 1. The Morgan fingerprint density at radius 3 is 2.89 bits per heavy atom. The number of benzene rings is 1. The van der Waals surface area contributed by atoms with Crippen molar-refractivity contribution in [3.8, 4) is 0 Å². The monoisotopic (exact) mass is 278 g/mol. The highest BCUT2D eigenvalue weighted by Gasteiger charge is 2.02. The highest BCUT2D eigenvalue weighted by atomic mass is 32.1. The average Bonchev–Trinajstić information content (AvgIpc) is 2.79. The Balaban J connectivity index is 1.63. The third-order valence-electron chi connectivity index (χ3n) is 2.81. The molecule has 0 saturated carbocycles. The van der Waals surface area contributed by atoms with Crippen molar-refractivity contribution in [2.45, 2.75) is 39.3 Å². The number of nitrogens with zero attached hydrogens (tertiary/aromatic N) is 1. The molecule has 0 unspecified atom stereocenters. The minimum absolute atomic E-state index is 0.343. The molecule has 0 aliphatic heterocycles. The van der Waals surface area contributed by atoms with Crippen LogP contribution in [-0.4, -0.2) is 24.2 Å². The fourth-order valence-corrected chi connectivity index (χ4v) is 2.80. The van der Waals surface area contributed by atoms with Crippen LogP contribution in [-0.2, 0) is 11.3 Å². The van der Waals surface area contributed by atoms with Gasteiger partial charge < -0.3 is 10.1 Å². The van der Waals surface area contributed by atoms with Crippen molar-refractivity contribution < 1.29 is 4.74 Å². The third-order valence-corrected chi connectivity index (χ3v) is 3.85. The molecule has 1 N–H and O–H groups in total. The molecule has 0 bridgehead atoms. The Kier molecular flexibility index (Phi) is 5.76. The summed E-state index contributed by atoms with van der Waals surface area (Å²) in [4.78, 5) is 4.60. The molecular formula is C15H22N2OS. The highest BCUT2D eigenvalue weighted by molar-refractivity contribution is 7.18. The molecule has 19 heavy (non-hydrogen) atoms. The van der Waals surface area contributed by atoms with Crippen LogP contribution >= 0.6 is 11.3 Å². The van der Waals surface area contributed by atoms with Crippen LogP contribution in [0.25, 0.3) is 10.2 Å². The number of hydrogen-bond acceptors (Lipinski definition) is 4. The molecule has 1 aromatic carbocycles. The Hall–Kier alpha value is -0.970. The molecule has 1 aromatic heterocycles. The van der Waals surface area contributed by atoms with E-state index in [9.17, 15) is 0 Å². The summed E-state index contributed by atoms with van der Waals surface area (Å²) in [6.07, 6.45) is 2.61. The number of unbranched alkanes of at least 4 members (excludes halogenated alkanes) is 1. The van der Waals surface area contributed by atoms with Gasteiger partial charge in [0, 0.05) is 13.2 Å². The van der Waals surface area contributed by atoms with Crippen LogP contribution in [0, 0.1) is 0 Å². The summed E-state index contributed by atoms with van der Waals surface area (Å²) >= 11 is 1.77. The van der Waals surface area contributed by atoms with Gasteiger partial charge in [-0.3, -0.25) is 0 Å². The third kappa shape index (κ3) is 4.90. The van der Waals surface area contributed by atoms with Gasteiger partial charge in [-0.1, -0.05) is 12.1 Å². The molecule has 0 amide bonds. The number of rotatable bonds is 8. The van der Waals surface area contributed by atoms with E-state index in [1.165, 1.54) is 9.71 Å². The second-order valence-electron chi connectivity index (χ2n) is 4.88. The van der Waals surface area contributed by atoms with E-state index in [4.69, 9.17) is 4.74 Å². The van der Waals surface area contributed by atoms with Gasteiger partial charge in [-0.25, -0.2) is 4.98 Å². The first-order chi connectivity index (χ1) is 9.25. The summed E-state index contributed by atoms with van der Waals surface area (Å²) in [5.74, 6) is 0. The van der Waals surface area contributed by atoms with E-state index < -0.39 is 0 Å². The molecule has 0 radical (unpaired) electrons. The molecule has 1 heterocycles. The molecule has 2 rings (SSSR count). The smallest absolute Gasteiger partial charge is 0.108 e. The summed E-state index contributed by atoms with van der Waals surface area (Å²) in [5, 5.41) is 4.61. The van der Waals surface area contributed by atoms with Crippen LogP contribution in [0.2, 0.25) is 0 Å². The van der Waals surface area contributed by atoms with E-state index in [0.29, 0.717) is 6.10 Å². The van der Waals surface area contributed by atoms with E-state index in [2.05, 4.69) is 42.3 Å². The van der Waals surface area contributed by atoms with Crippen molar-refractivity contribution in [3.05, 3.63) is 29.3 Å². The van der Waals surface area contributed by atoms with Crippen molar-refractivity contribution in [1.82, 2.24) is 10.3 Å². The second-order valence-corrected chi connectivity index (χ2v) is 5.99. The number of nitrogens with one attached hydrogen (secondary N) is 1. The lowest BCUT2D eigenvalue weighted by molar-refractivity contribution is 0.0760. The zero-order valence-electron chi connectivity index (χ0n) is 11.7. The summed E-state index contributed by atoms with van der Waals surface area (Å²) in [5.41, 5.74) is 1.11. The van der Waals surface area contributed by atoms with Crippen molar-refractivity contribution in [2.24, 2.45) is 0 Å². The normalized spacial score (nSPS) is 11.5. The molecule has 3 nitrogen and oxygen atoms in total. The van der Waals surface area contributed by atoms with Crippen LogP contribution in [0.4, 0.5) is 0 Å². The molecule has 0 aliphatic carbocycles. The molecule has 0 fully saturated rings. The van der Waals surface area contributed by atoms with Crippen LogP contribution in [0.1, 0.15) is 31.7 Å². The minimum Gasteiger partial charge on any atom is -0.379 e. The van der Waals surface area contributed by atoms with Gasteiger partial charge in [-0.2, -0.15) is 0 Å².